The Hall–Kier alpha value is -2.78. The van der Waals surface area contributed by atoms with E-state index in [0.717, 1.165) is 25.6 Å². The van der Waals surface area contributed by atoms with Crippen LogP contribution >= 0.6 is 0 Å². The molecule has 10 heteroatoms. The van der Waals surface area contributed by atoms with Crippen LogP contribution < -0.4 is 10.1 Å². The van der Waals surface area contributed by atoms with E-state index >= 15 is 0 Å². The van der Waals surface area contributed by atoms with Crippen molar-refractivity contribution >= 4 is 5.96 Å². The van der Waals surface area contributed by atoms with Gasteiger partial charge in [0.1, 0.15) is 12.2 Å². The number of aromatic nitrogens is 3. The molecule has 2 aromatic rings. The highest BCUT2D eigenvalue weighted by atomic mass is 19.4. The van der Waals surface area contributed by atoms with Crippen molar-refractivity contribution in [1.29, 1.82) is 0 Å². The summed E-state index contributed by atoms with van der Waals surface area (Å²) < 4.78 is 46.4. The van der Waals surface area contributed by atoms with Gasteiger partial charge in [-0.1, -0.05) is 6.92 Å². The van der Waals surface area contributed by atoms with Gasteiger partial charge in [-0.15, -0.1) is 0 Å². The lowest BCUT2D eigenvalue weighted by Crippen LogP contribution is -2.49. The van der Waals surface area contributed by atoms with Crippen molar-refractivity contribution in [2.24, 2.45) is 10.9 Å². The molecule has 0 amide bonds. The number of halogens is 3. The van der Waals surface area contributed by atoms with E-state index in [2.05, 4.69) is 36.7 Å². The second kappa shape index (κ2) is 9.15. The number of nitrogens with zero attached hydrogens (tertiary/aromatic N) is 5. The van der Waals surface area contributed by atoms with Gasteiger partial charge in [-0.3, -0.25) is 4.99 Å². The minimum absolute atomic E-state index is 0.0360. The molecule has 3 rings (SSSR count). The maximum Gasteiger partial charge on any atom is 0.421 e. The van der Waals surface area contributed by atoms with Crippen molar-refractivity contribution in [1.82, 2.24) is 24.8 Å². The van der Waals surface area contributed by atoms with Crippen LogP contribution in [0.15, 0.2) is 42.0 Å². The Bertz CT molecular complexity index is 809. The van der Waals surface area contributed by atoms with Crippen LogP contribution in [0.25, 0.3) is 0 Å². The zero-order chi connectivity index (χ0) is 20.9. The standard InChI is InChI=1S/C19H25F3N6O/c1-14-5-9-27(12-16(14)28-10-7-24-13-28)18(23-2)26-8-11-29-17-15(19(20,21)22)4-3-6-25-17/h3-4,6-7,10,13-14,16H,5,8-9,11-12H2,1-2H3,(H,23,26). The second-order valence-electron chi connectivity index (χ2n) is 6.97. The molecule has 0 aromatic carbocycles. The van der Waals surface area contributed by atoms with Crippen molar-refractivity contribution in [3.63, 3.8) is 0 Å². The Balaban J connectivity index is 1.54. The average molecular weight is 410 g/mol. The lowest BCUT2D eigenvalue weighted by molar-refractivity contribution is -0.139. The van der Waals surface area contributed by atoms with Crippen LogP contribution in [0.1, 0.15) is 24.9 Å². The summed E-state index contributed by atoms with van der Waals surface area (Å²) >= 11 is 0. The predicted molar refractivity (Wildman–Crippen MR) is 103 cm³/mol. The van der Waals surface area contributed by atoms with Gasteiger partial charge in [-0.05, 0) is 24.5 Å². The summed E-state index contributed by atoms with van der Waals surface area (Å²) in [7, 11) is 1.69. The first-order chi connectivity index (χ1) is 13.9. The number of piperidine rings is 1. The molecule has 2 atom stereocenters. The predicted octanol–water partition coefficient (Wildman–Crippen LogP) is 2.83. The fourth-order valence-electron chi connectivity index (χ4n) is 3.46. The van der Waals surface area contributed by atoms with Crippen LogP contribution in [0.5, 0.6) is 5.88 Å². The van der Waals surface area contributed by atoms with Gasteiger partial charge in [0, 0.05) is 38.7 Å². The Morgan fingerprint density at radius 1 is 1.38 bits per heavy atom. The zero-order valence-corrected chi connectivity index (χ0v) is 16.4. The quantitative estimate of drug-likeness (QED) is 0.467. The molecule has 1 aliphatic heterocycles. The number of rotatable bonds is 5. The van der Waals surface area contributed by atoms with Crippen molar-refractivity contribution in [2.45, 2.75) is 25.6 Å². The van der Waals surface area contributed by atoms with Gasteiger partial charge < -0.3 is 19.5 Å². The third kappa shape index (κ3) is 5.18. The molecule has 0 bridgehead atoms. The van der Waals surface area contributed by atoms with Gasteiger partial charge in [0.05, 0.1) is 18.9 Å². The van der Waals surface area contributed by atoms with Gasteiger partial charge in [-0.2, -0.15) is 13.2 Å². The summed E-state index contributed by atoms with van der Waals surface area (Å²) in [6.07, 6.45) is 3.33. The Morgan fingerprint density at radius 2 is 2.21 bits per heavy atom. The third-order valence-corrected chi connectivity index (χ3v) is 5.04. The molecule has 1 saturated heterocycles. The first-order valence-corrected chi connectivity index (χ1v) is 9.48. The fraction of sp³-hybridized carbons (Fsp3) is 0.526. The van der Waals surface area contributed by atoms with Crippen LogP contribution in [-0.2, 0) is 6.18 Å². The molecule has 1 aliphatic rings. The molecule has 1 N–H and O–H groups in total. The topological polar surface area (TPSA) is 67.6 Å². The number of aliphatic imine (C=N–C) groups is 1. The molecule has 158 valence electrons. The van der Waals surface area contributed by atoms with E-state index in [4.69, 9.17) is 4.74 Å². The largest absolute Gasteiger partial charge is 0.475 e. The van der Waals surface area contributed by atoms with Crippen LogP contribution in [0.4, 0.5) is 13.2 Å². The monoisotopic (exact) mass is 410 g/mol. The van der Waals surface area contributed by atoms with E-state index in [1.807, 2.05) is 12.5 Å². The summed E-state index contributed by atoms with van der Waals surface area (Å²) in [5, 5.41) is 3.17. The number of alkyl halides is 3. The summed E-state index contributed by atoms with van der Waals surface area (Å²) in [5.74, 6) is 0.790. The van der Waals surface area contributed by atoms with E-state index in [1.165, 1.54) is 12.3 Å². The molecule has 2 aromatic heterocycles. The molecule has 2 unspecified atom stereocenters. The average Bonchev–Trinajstić information content (AvgIpc) is 3.23. The van der Waals surface area contributed by atoms with Gasteiger partial charge in [-0.25, -0.2) is 9.97 Å². The van der Waals surface area contributed by atoms with Crippen LogP contribution in [0.3, 0.4) is 0 Å². The van der Waals surface area contributed by atoms with Crippen molar-refractivity contribution in [3.8, 4) is 5.88 Å². The van der Waals surface area contributed by atoms with E-state index in [9.17, 15) is 13.2 Å². The van der Waals surface area contributed by atoms with Gasteiger partial charge in [0.2, 0.25) is 5.88 Å². The van der Waals surface area contributed by atoms with Crippen LogP contribution in [0.2, 0.25) is 0 Å². The third-order valence-electron chi connectivity index (χ3n) is 5.04. The Kier molecular flexibility index (Phi) is 6.60. The normalized spacial score (nSPS) is 20.6. The summed E-state index contributed by atoms with van der Waals surface area (Å²) in [6, 6.07) is 2.48. The second-order valence-corrected chi connectivity index (χ2v) is 6.97. The maximum absolute atomic E-state index is 13.0. The number of hydrogen-bond donors (Lipinski definition) is 1. The van der Waals surface area contributed by atoms with E-state index in [0.29, 0.717) is 18.4 Å². The van der Waals surface area contributed by atoms with E-state index < -0.39 is 17.6 Å². The molecule has 3 heterocycles. The molecular formula is C19H25F3N6O. The van der Waals surface area contributed by atoms with Crippen molar-refractivity contribution < 1.29 is 17.9 Å². The number of pyridine rings is 1. The van der Waals surface area contributed by atoms with E-state index in [-0.39, 0.29) is 12.6 Å². The number of nitrogens with one attached hydrogen (secondary N) is 1. The summed E-state index contributed by atoms with van der Waals surface area (Å²) in [5.41, 5.74) is -0.877. The molecular weight excluding hydrogens is 385 g/mol. The smallest absolute Gasteiger partial charge is 0.421 e. The van der Waals surface area contributed by atoms with Crippen LogP contribution in [-0.4, -0.2) is 58.7 Å². The van der Waals surface area contributed by atoms with Gasteiger partial charge in [0.25, 0.3) is 0 Å². The number of likely N-dealkylation sites (tertiary alicyclic amines) is 1. The van der Waals surface area contributed by atoms with Gasteiger partial charge in [0.15, 0.2) is 5.96 Å². The number of ether oxygens (including phenoxy) is 1. The van der Waals surface area contributed by atoms with Crippen molar-refractivity contribution in [3.05, 3.63) is 42.6 Å². The van der Waals surface area contributed by atoms with Crippen molar-refractivity contribution in [2.75, 3.05) is 33.3 Å². The summed E-state index contributed by atoms with van der Waals surface area (Å²) in [6.45, 7) is 4.19. The van der Waals surface area contributed by atoms with E-state index in [1.54, 1.807) is 13.2 Å². The molecule has 29 heavy (non-hydrogen) atoms. The highest BCUT2D eigenvalue weighted by Crippen LogP contribution is 2.34. The molecule has 0 saturated carbocycles. The molecule has 0 radical (unpaired) electrons. The number of guanidine groups is 1. The van der Waals surface area contributed by atoms with Crippen LogP contribution in [0, 0.1) is 5.92 Å². The zero-order valence-electron chi connectivity index (χ0n) is 16.4. The molecule has 7 nitrogen and oxygen atoms in total. The Morgan fingerprint density at radius 3 is 2.90 bits per heavy atom. The first kappa shape index (κ1) is 20.9. The molecule has 1 fully saturated rings. The SMILES string of the molecule is CN=C(NCCOc1ncccc1C(F)(F)F)N1CCC(C)C(n2ccnc2)C1. The summed E-state index contributed by atoms with van der Waals surface area (Å²) in [4.78, 5) is 14.3. The number of hydrogen-bond acceptors (Lipinski definition) is 4. The maximum atomic E-state index is 13.0. The number of imidazole rings is 1. The lowest BCUT2D eigenvalue weighted by Gasteiger charge is -2.39. The highest BCUT2D eigenvalue weighted by Gasteiger charge is 2.35. The fourth-order valence-corrected chi connectivity index (χ4v) is 3.46. The minimum Gasteiger partial charge on any atom is -0.475 e. The van der Waals surface area contributed by atoms with Gasteiger partial charge >= 0.3 is 6.18 Å². The highest BCUT2D eigenvalue weighted by molar-refractivity contribution is 5.80. The first-order valence-electron chi connectivity index (χ1n) is 9.48. The Labute approximate surface area is 167 Å². The minimum atomic E-state index is -4.50. The molecule has 0 aliphatic carbocycles. The molecule has 0 spiro atoms. The lowest BCUT2D eigenvalue weighted by atomic mass is 9.93.